The van der Waals surface area contributed by atoms with Crippen LogP contribution in [0.25, 0.3) is 6.08 Å². The summed E-state index contributed by atoms with van der Waals surface area (Å²) in [5, 5.41) is 2.22. The molecule has 0 bridgehead atoms. The highest BCUT2D eigenvalue weighted by molar-refractivity contribution is 6.39. The van der Waals surface area contributed by atoms with E-state index < -0.39 is 17.8 Å². The molecule has 7 nitrogen and oxygen atoms in total. The zero-order chi connectivity index (χ0) is 20.4. The second kappa shape index (κ2) is 7.56. The summed E-state index contributed by atoms with van der Waals surface area (Å²) in [6.07, 6.45) is 1.42. The number of carbonyl (C=O) groups excluding carboxylic acids is 3. The first-order valence-corrected chi connectivity index (χ1v) is 8.56. The van der Waals surface area contributed by atoms with Crippen molar-refractivity contribution in [1.82, 2.24) is 5.32 Å². The molecule has 0 spiro atoms. The number of anilines is 1. The summed E-state index contributed by atoms with van der Waals surface area (Å²) in [6, 6.07) is 9.59. The highest BCUT2D eigenvalue weighted by atomic mass is 16.5. The van der Waals surface area contributed by atoms with Gasteiger partial charge in [-0.05, 0) is 60.9 Å². The minimum Gasteiger partial charge on any atom is -0.493 e. The fourth-order valence-electron chi connectivity index (χ4n) is 3.08. The molecule has 1 saturated heterocycles. The van der Waals surface area contributed by atoms with Crippen molar-refractivity contribution in [2.24, 2.45) is 0 Å². The molecule has 2 aromatic carbocycles. The van der Waals surface area contributed by atoms with E-state index in [4.69, 9.17) is 9.47 Å². The third-order valence-electron chi connectivity index (χ3n) is 4.28. The molecular formula is C21H20N2O5. The minimum atomic E-state index is -0.774. The Morgan fingerprint density at radius 2 is 1.54 bits per heavy atom. The van der Waals surface area contributed by atoms with E-state index in [1.807, 2.05) is 19.9 Å². The van der Waals surface area contributed by atoms with E-state index in [1.165, 1.54) is 20.3 Å². The Bertz CT molecular complexity index is 990. The summed E-state index contributed by atoms with van der Waals surface area (Å²) in [4.78, 5) is 38.6. The second-order valence-electron chi connectivity index (χ2n) is 6.42. The van der Waals surface area contributed by atoms with Gasteiger partial charge in [-0.2, -0.15) is 0 Å². The standard InChI is InChI=1S/C21H20N2O5/c1-12-7-13(2)9-15(8-12)23-20(25)16(19(24)22-21(23)26)10-14-5-6-17(27-3)18(11-14)28-4/h5-11H,1-4H3,(H,22,24,26)/b16-10+. The zero-order valence-electron chi connectivity index (χ0n) is 16.0. The lowest BCUT2D eigenvalue weighted by atomic mass is 10.1. The topological polar surface area (TPSA) is 84.9 Å². The summed E-state index contributed by atoms with van der Waals surface area (Å²) in [5.74, 6) is -0.446. The van der Waals surface area contributed by atoms with Crippen LogP contribution in [0.1, 0.15) is 16.7 Å². The van der Waals surface area contributed by atoms with Gasteiger partial charge < -0.3 is 9.47 Å². The van der Waals surface area contributed by atoms with Gasteiger partial charge in [0.1, 0.15) is 5.57 Å². The van der Waals surface area contributed by atoms with Gasteiger partial charge in [0, 0.05) is 0 Å². The molecule has 0 unspecified atom stereocenters. The van der Waals surface area contributed by atoms with Crippen LogP contribution in [-0.2, 0) is 9.59 Å². The van der Waals surface area contributed by atoms with E-state index in [1.54, 1.807) is 30.3 Å². The third kappa shape index (κ3) is 3.59. The van der Waals surface area contributed by atoms with Crippen LogP contribution in [0.15, 0.2) is 42.0 Å². The van der Waals surface area contributed by atoms with Gasteiger partial charge in [0.2, 0.25) is 0 Å². The third-order valence-corrected chi connectivity index (χ3v) is 4.28. The van der Waals surface area contributed by atoms with Crippen LogP contribution in [0.3, 0.4) is 0 Å². The Morgan fingerprint density at radius 1 is 0.893 bits per heavy atom. The Hall–Kier alpha value is -3.61. The molecule has 1 fully saturated rings. The van der Waals surface area contributed by atoms with Gasteiger partial charge in [-0.25, -0.2) is 9.69 Å². The van der Waals surface area contributed by atoms with Gasteiger partial charge in [-0.3, -0.25) is 14.9 Å². The highest BCUT2D eigenvalue weighted by Gasteiger charge is 2.37. The number of hydrogen-bond donors (Lipinski definition) is 1. The molecule has 28 heavy (non-hydrogen) atoms. The van der Waals surface area contributed by atoms with Crippen molar-refractivity contribution in [3.8, 4) is 11.5 Å². The molecule has 2 aromatic rings. The minimum absolute atomic E-state index is 0.147. The van der Waals surface area contributed by atoms with Crippen LogP contribution in [0.5, 0.6) is 11.5 Å². The number of methoxy groups -OCH3 is 2. The maximum Gasteiger partial charge on any atom is 0.335 e. The summed E-state index contributed by atoms with van der Waals surface area (Å²) in [7, 11) is 3.01. The molecule has 1 aliphatic rings. The average molecular weight is 380 g/mol. The molecule has 7 heteroatoms. The highest BCUT2D eigenvalue weighted by Crippen LogP contribution is 2.29. The van der Waals surface area contributed by atoms with E-state index in [-0.39, 0.29) is 5.57 Å². The number of rotatable bonds is 4. The van der Waals surface area contributed by atoms with Crippen molar-refractivity contribution in [2.75, 3.05) is 19.1 Å². The zero-order valence-corrected chi connectivity index (χ0v) is 16.0. The van der Waals surface area contributed by atoms with Crippen molar-refractivity contribution in [3.05, 3.63) is 58.7 Å². The normalized spacial score (nSPS) is 15.6. The van der Waals surface area contributed by atoms with Crippen LogP contribution < -0.4 is 19.7 Å². The lowest BCUT2D eigenvalue weighted by molar-refractivity contribution is -0.122. The predicted molar refractivity (Wildman–Crippen MR) is 104 cm³/mol. The van der Waals surface area contributed by atoms with Crippen molar-refractivity contribution in [3.63, 3.8) is 0 Å². The Balaban J connectivity index is 2.03. The molecule has 4 amide bonds. The Labute approximate surface area is 162 Å². The van der Waals surface area contributed by atoms with E-state index >= 15 is 0 Å². The van der Waals surface area contributed by atoms with Crippen molar-refractivity contribution in [2.45, 2.75) is 13.8 Å². The monoisotopic (exact) mass is 380 g/mol. The number of aryl methyl sites for hydroxylation is 2. The molecular weight excluding hydrogens is 360 g/mol. The smallest absolute Gasteiger partial charge is 0.335 e. The molecule has 3 rings (SSSR count). The number of urea groups is 1. The number of nitrogens with one attached hydrogen (secondary N) is 1. The van der Waals surface area contributed by atoms with E-state index in [9.17, 15) is 14.4 Å². The largest absolute Gasteiger partial charge is 0.493 e. The fraction of sp³-hybridized carbons (Fsp3) is 0.190. The molecule has 0 aliphatic carbocycles. The first kappa shape index (κ1) is 19.2. The fourth-order valence-corrected chi connectivity index (χ4v) is 3.08. The maximum atomic E-state index is 13.0. The molecule has 1 heterocycles. The first-order chi connectivity index (χ1) is 13.3. The predicted octanol–water partition coefficient (Wildman–Crippen LogP) is 2.99. The van der Waals surface area contributed by atoms with Gasteiger partial charge in [0.15, 0.2) is 11.5 Å². The average Bonchev–Trinajstić information content (AvgIpc) is 2.64. The maximum absolute atomic E-state index is 13.0. The van der Waals surface area contributed by atoms with Gasteiger partial charge >= 0.3 is 6.03 Å². The van der Waals surface area contributed by atoms with Crippen LogP contribution in [0.4, 0.5) is 10.5 Å². The van der Waals surface area contributed by atoms with E-state index in [2.05, 4.69) is 5.32 Å². The molecule has 0 radical (unpaired) electrons. The number of amides is 4. The molecule has 0 saturated carbocycles. The molecule has 1 aliphatic heterocycles. The quantitative estimate of drug-likeness (QED) is 0.651. The van der Waals surface area contributed by atoms with Gasteiger partial charge in [0.25, 0.3) is 11.8 Å². The van der Waals surface area contributed by atoms with Crippen LogP contribution in [0, 0.1) is 13.8 Å². The summed E-state index contributed by atoms with van der Waals surface area (Å²) in [5.41, 5.74) is 2.62. The van der Waals surface area contributed by atoms with Gasteiger partial charge in [-0.15, -0.1) is 0 Å². The molecule has 1 N–H and O–H groups in total. The summed E-state index contributed by atoms with van der Waals surface area (Å²) in [6.45, 7) is 3.74. The SMILES string of the molecule is COc1ccc(/C=C2\C(=O)NC(=O)N(c3cc(C)cc(C)c3)C2=O)cc1OC. The number of nitrogens with zero attached hydrogens (tertiary/aromatic N) is 1. The number of benzene rings is 2. The lowest BCUT2D eigenvalue weighted by Gasteiger charge is -2.27. The molecule has 0 atom stereocenters. The number of imide groups is 2. The number of ether oxygens (including phenoxy) is 2. The van der Waals surface area contributed by atoms with Crippen LogP contribution >= 0.6 is 0 Å². The number of hydrogen-bond acceptors (Lipinski definition) is 5. The molecule has 144 valence electrons. The van der Waals surface area contributed by atoms with Crippen molar-refractivity contribution in [1.29, 1.82) is 0 Å². The Kier molecular flexibility index (Phi) is 5.17. The second-order valence-corrected chi connectivity index (χ2v) is 6.42. The first-order valence-electron chi connectivity index (χ1n) is 8.56. The van der Waals surface area contributed by atoms with Gasteiger partial charge in [0.05, 0.1) is 19.9 Å². The van der Waals surface area contributed by atoms with E-state index in [0.717, 1.165) is 16.0 Å². The number of carbonyl (C=O) groups is 3. The van der Waals surface area contributed by atoms with Crippen LogP contribution in [-0.4, -0.2) is 32.1 Å². The summed E-state index contributed by atoms with van der Waals surface area (Å²) < 4.78 is 10.4. The van der Waals surface area contributed by atoms with Crippen molar-refractivity contribution >= 4 is 29.6 Å². The van der Waals surface area contributed by atoms with Gasteiger partial charge in [-0.1, -0.05) is 12.1 Å². The number of barbiturate groups is 1. The van der Waals surface area contributed by atoms with E-state index in [0.29, 0.717) is 22.7 Å². The summed E-state index contributed by atoms with van der Waals surface area (Å²) >= 11 is 0. The van der Waals surface area contributed by atoms with Crippen LogP contribution in [0.2, 0.25) is 0 Å². The Morgan fingerprint density at radius 3 is 2.14 bits per heavy atom. The molecule has 0 aromatic heterocycles. The van der Waals surface area contributed by atoms with Crippen molar-refractivity contribution < 1.29 is 23.9 Å². The lowest BCUT2D eigenvalue weighted by Crippen LogP contribution is -2.54.